The molecule has 0 aliphatic heterocycles. The van der Waals surface area contributed by atoms with Crippen molar-refractivity contribution >= 4 is 44.4 Å². The summed E-state index contributed by atoms with van der Waals surface area (Å²) >= 11 is 7.45. The van der Waals surface area contributed by atoms with Gasteiger partial charge in [0.15, 0.2) is 5.65 Å². The van der Waals surface area contributed by atoms with Crippen LogP contribution in [0, 0.1) is 0 Å². The van der Waals surface area contributed by atoms with Crippen molar-refractivity contribution in [2.75, 3.05) is 5.75 Å². The van der Waals surface area contributed by atoms with Crippen LogP contribution in [0.1, 0.15) is 18.0 Å². The third kappa shape index (κ3) is 5.07. The van der Waals surface area contributed by atoms with Gasteiger partial charge in [-0.2, -0.15) is 5.10 Å². The Balaban J connectivity index is 1.52. The number of hydrogen-bond donors (Lipinski definition) is 1. The van der Waals surface area contributed by atoms with Crippen molar-refractivity contribution in [3.05, 3.63) is 77.7 Å². The van der Waals surface area contributed by atoms with Gasteiger partial charge in [0.2, 0.25) is 10.0 Å². The molecule has 2 heterocycles. The number of fused-ring (bicyclic) bond motifs is 1. The van der Waals surface area contributed by atoms with Crippen LogP contribution in [0.25, 0.3) is 11.0 Å². The zero-order valence-corrected chi connectivity index (χ0v) is 19.0. The number of sulfonamides is 1. The Kier molecular flexibility index (Phi) is 6.57. The molecule has 0 amide bonds. The molecule has 1 unspecified atom stereocenters. The van der Waals surface area contributed by atoms with E-state index in [1.165, 1.54) is 18.5 Å². The summed E-state index contributed by atoms with van der Waals surface area (Å²) in [5, 5.41) is 6.43. The van der Waals surface area contributed by atoms with E-state index in [1.54, 1.807) is 34.8 Å². The smallest absolute Gasteiger partial charge is 0.241 e. The first-order valence-electron chi connectivity index (χ1n) is 9.52. The molecule has 7 nitrogen and oxygen atoms in total. The number of aryl methyl sites for hydroxylation is 1. The number of thioether (sulfide) groups is 1. The van der Waals surface area contributed by atoms with Gasteiger partial charge in [-0.15, -0.1) is 11.8 Å². The average Bonchev–Trinajstić information content (AvgIpc) is 3.16. The van der Waals surface area contributed by atoms with Gasteiger partial charge in [0.05, 0.1) is 16.5 Å². The first-order valence-corrected chi connectivity index (χ1v) is 12.4. The number of nitrogens with one attached hydrogen (secondary N) is 1. The lowest BCUT2D eigenvalue weighted by atomic mass is 10.1. The van der Waals surface area contributed by atoms with Crippen molar-refractivity contribution in [1.82, 2.24) is 24.5 Å². The molecule has 0 fully saturated rings. The molecular formula is C21H20ClN5O2S2. The Bertz CT molecular complexity index is 1280. The monoisotopic (exact) mass is 473 g/mol. The van der Waals surface area contributed by atoms with Crippen molar-refractivity contribution in [2.45, 2.75) is 22.4 Å². The summed E-state index contributed by atoms with van der Waals surface area (Å²) in [4.78, 5) is 8.80. The number of rotatable bonds is 8. The molecule has 0 bridgehead atoms. The quantitative estimate of drug-likeness (QED) is 0.304. The summed E-state index contributed by atoms with van der Waals surface area (Å²) in [5.41, 5.74) is 1.66. The van der Waals surface area contributed by atoms with Gasteiger partial charge in [-0.1, -0.05) is 41.9 Å². The minimum atomic E-state index is -3.71. The van der Waals surface area contributed by atoms with Crippen molar-refractivity contribution in [3.63, 3.8) is 0 Å². The molecule has 0 saturated heterocycles. The summed E-state index contributed by atoms with van der Waals surface area (Å²) < 4.78 is 30.4. The number of nitrogens with zero attached hydrogens (tertiary/aromatic N) is 4. The Morgan fingerprint density at radius 2 is 1.84 bits per heavy atom. The van der Waals surface area contributed by atoms with Crippen LogP contribution >= 0.6 is 23.4 Å². The first-order chi connectivity index (χ1) is 14.9. The summed E-state index contributed by atoms with van der Waals surface area (Å²) in [6.07, 6.45) is 3.84. The molecule has 4 rings (SSSR count). The summed E-state index contributed by atoms with van der Waals surface area (Å²) in [6, 6.07) is 15.3. The zero-order valence-electron chi connectivity index (χ0n) is 16.6. The van der Waals surface area contributed by atoms with Crippen molar-refractivity contribution in [3.8, 4) is 0 Å². The van der Waals surface area contributed by atoms with E-state index in [-0.39, 0.29) is 10.9 Å². The average molecular weight is 474 g/mol. The minimum Gasteiger partial charge on any atom is -0.250 e. The second-order valence-corrected chi connectivity index (χ2v) is 10.1. The largest absolute Gasteiger partial charge is 0.250 e. The molecule has 31 heavy (non-hydrogen) atoms. The Morgan fingerprint density at radius 3 is 2.58 bits per heavy atom. The summed E-state index contributed by atoms with van der Waals surface area (Å²) in [6.45, 7) is 0. The van der Waals surface area contributed by atoms with Crippen LogP contribution in [0.4, 0.5) is 0 Å². The highest BCUT2D eigenvalue weighted by atomic mass is 35.5. The fourth-order valence-electron chi connectivity index (χ4n) is 3.18. The van der Waals surface area contributed by atoms with Gasteiger partial charge in [-0.3, -0.25) is 4.68 Å². The molecule has 0 aliphatic rings. The molecule has 10 heteroatoms. The molecular weight excluding hydrogens is 454 g/mol. The molecule has 0 saturated carbocycles. The zero-order chi connectivity index (χ0) is 21.8. The molecule has 0 aliphatic carbocycles. The van der Waals surface area contributed by atoms with E-state index in [2.05, 4.69) is 19.8 Å². The van der Waals surface area contributed by atoms with Gasteiger partial charge in [0.1, 0.15) is 11.4 Å². The minimum absolute atomic E-state index is 0.179. The van der Waals surface area contributed by atoms with Crippen LogP contribution < -0.4 is 4.72 Å². The number of aromatic nitrogens is 4. The Hall–Kier alpha value is -2.46. The van der Waals surface area contributed by atoms with Crippen molar-refractivity contribution in [2.24, 2.45) is 7.05 Å². The van der Waals surface area contributed by atoms with Crippen LogP contribution in [-0.2, 0) is 17.1 Å². The number of hydrogen-bond acceptors (Lipinski definition) is 6. The lowest BCUT2D eigenvalue weighted by Gasteiger charge is -2.19. The van der Waals surface area contributed by atoms with Crippen molar-refractivity contribution < 1.29 is 8.42 Å². The highest BCUT2D eigenvalue weighted by Gasteiger charge is 2.21. The van der Waals surface area contributed by atoms with E-state index in [0.717, 1.165) is 21.6 Å². The van der Waals surface area contributed by atoms with Gasteiger partial charge in [-0.25, -0.2) is 23.1 Å². The van der Waals surface area contributed by atoms with Gasteiger partial charge in [-0.05, 0) is 36.2 Å². The normalized spacial score (nSPS) is 12.8. The van der Waals surface area contributed by atoms with Gasteiger partial charge >= 0.3 is 0 Å². The maximum atomic E-state index is 12.9. The topological polar surface area (TPSA) is 89.8 Å². The van der Waals surface area contributed by atoms with Gasteiger partial charge in [0.25, 0.3) is 0 Å². The summed E-state index contributed by atoms with van der Waals surface area (Å²) in [5.74, 6) is 0.656. The standard InChI is InChI=1S/C21H20ClN5O2S2/c1-27-20-18(13-25-27)21(24-14-23-20)30-12-11-19(15-5-3-2-4-6-15)26-31(28,29)17-9-7-16(22)8-10-17/h2-10,13-14,19,26H,11-12H2,1H3. The molecule has 2 aromatic carbocycles. The molecule has 1 N–H and O–H groups in total. The van der Waals surface area contributed by atoms with Crippen molar-refractivity contribution in [1.29, 1.82) is 0 Å². The molecule has 4 aromatic rings. The maximum absolute atomic E-state index is 12.9. The van der Waals surface area contributed by atoms with Crippen LogP contribution in [0.5, 0.6) is 0 Å². The predicted octanol–water partition coefficient (Wildman–Crippen LogP) is 4.22. The molecule has 2 aromatic heterocycles. The second kappa shape index (κ2) is 9.35. The molecule has 0 radical (unpaired) electrons. The van der Waals surface area contributed by atoms with E-state index >= 15 is 0 Å². The maximum Gasteiger partial charge on any atom is 0.241 e. The lowest BCUT2D eigenvalue weighted by Crippen LogP contribution is -2.29. The van der Waals surface area contributed by atoms with Crippen LogP contribution in [0.2, 0.25) is 5.02 Å². The third-order valence-electron chi connectivity index (χ3n) is 4.76. The number of benzene rings is 2. The third-order valence-corrected chi connectivity index (χ3v) is 7.54. The van der Waals surface area contributed by atoms with Crippen LogP contribution in [0.3, 0.4) is 0 Å². The van der Waals surface area contributed by atoms with E-state index in [4.69, 9.17) is 11.6 Å². The molecule has 0 spiro atoms. The molecule has 1 atom stereocenters. The van der Waals surface area contributed by atoms with Gasteiger partial charge < -0.3 is 0 Å². The van der Waals surface area contributed by atoms with E-state index in [0.29, 0.717) is 17.2 Å². The van der Waals surface area contributed by atoms with Crippen LogP contribution in [-0.4, -0.2) is 33.9 Å². The second-order valence-electron chi connectivity index (χ2n) is 6.86. The van der Waals surface area contributed by atoms with E-state index < -0.39 is 10.0 Å². The Labute approximate surface area is 189 Å². The van der Waals surface area contributed by atoms with Gasteiger partial charge in [0, 0.05) is 23.9 Å². The fraction of sp³-hybridized carbons (Fsp3) is 0.190. The highest BCUT2D eigenvalue weighted by Crippen LogP contribution is 2.28. The van der Waals surface area contributed by atoms with E-state index in [1.807, 2.05) is 37.4 Å². The lowest BCUT2D eigenvalue weighted by molar-refractivity contribution is 0.551. The highest BCUT2D eigenvalue weighted by molar-refractivity contribution is 7.99. The first kappa shape index (κ1) is 21.8. The van der Waals surface area contributed by atoms with E-state index in [9.17, 15) is 8.42 Å². The molecule has 160 valence electrons. The SMILES string of the molecule is Cn1ncc2c(SCCC(NS(=O)(=O)c3ccc(Cl)cc3)c3ccccc3)ncnc21. The Morgan fingerprint density at radius 1 is 1.10 bits per heavy atom. The van der Waals surface area contributed by atoms with Crippen LogP contribution in [0.15, 0.2) is 77.0 Å². The predicted molar refractivity (Wildman–Crippen MR) is 123 cm³/mol. The fourth-order valence-corrected chi connectivity index (χ4v) is 5.53. The summed E-state index contributed by atoms with van der Waals surface area (Å²) in [7, 11) is -1.87. The number of halogens is 1.